The van der Waals surface area contributed by atoms with Crippen LogP contribution in [0, 0.1) is 6.92 Å². The lowest BCUT2D eigenvalue weighted by Crippen LogP contribution is -2.38. The summed E-state index contributed by atoms with van der Waals surface area (Å²) in [6.45, 7) is 3.45. The fourth-order valence-electron chi connectivity index (χ4n) is 2.15. The summed E-state index contributed by atoms with van der Waals surface area (Å²) in [4.78, 5) is 0.411. The molecule has 0 saturated carbocycles. The van der Waals surface area contributed by atoms with Crippen molar-refractivity contribution in [2.45, 2.75) is 24.3 Å². The Labute approximate surface area is 103 Å². The van der Waals surface area contributed by atoms with Crippen molar-refractivity contribution in [3.05, 3.63) is 29.8 Å². The van der Waals surface area contributed by atoms with E-state index in [-0.39, 0.29) is 6.04 Å². The van der Waals surface area contributed by atoms with Crippen LogP contribution in [-0.4, -0.2) is 38.9 Å². The summed E-state index contributed by atoms with van der Waals surface area (Å²) in [5, 5.41) is 3.19. The fraction of sp³-hybridized carbons (Fsp3) is 0.500. The maximum Gasteiger partial charge on any atom is 0.243 e. The Morgan fingerprint density at radius 2 is 2.06 bits per heavy atom. The average Bonchev–Trinajstić information content (AvgIpc) is 2.81. The zero-order valence-electron chi connectivity index (χ0n) is 10.2. The molecular weight excluding hydrogens is 236 g/mol. The molecule has 1 N–H and O–H groups in total. The molecule has 17 heavy (non-hydrogen) atoms. The van der Waals surface area contributed by atoms with Gasteiger partial charge in [-0.15, -0.1) is 0 Å². The molecule has 1 atom stereocenters. The normalized spacial score (nSPS) is 21.0. The summed E-state index contributed by atoms with van der Waals surface area (Å²) >= 11 is 0. The smallest absolute Gasteiger partial charge is 0.243 e. The van der Waals surface area contributed by atoms with Crippen LogP contribution in [0.15, 0.2) is 29.2 Å². The zero-order chi connectivity index (χ0) is 12.5. The second-order valence-electron chi connectivity index (χ2n) is 4.43. The second kappa shape index (κ2) is 4.76. The van der Waals surface area contributed by atoms with Crippen LogP contribution < -0.4 is 5.32 Å². The number of hydrogen-bond acceptors (Lipinski definition) is 3. The molecule has 1 aromatic carbocycles. The summed E-state index contributed by atoms with van der Waals surface area (Å²) in [7, 11) is -1.69. The number of rotatable bonds is 3. The van der Waals surface area contributed by atoms with Crippen LogP contribution in [0.5, 0.6) is 0 Å². The molecule has 1 aliphatic heterocycles. The van der Waals surface area contributed by atoms with Crippen molar-refractivity contribution in [1.82, 2.24) is 9.62 Å². The van der Waals surface area contributed by atoms with E-state index in [1.807, 2.05) is 19.1 Å². The molecule has 1 heterocycles. The van der Waals surface area contributed by atoms with E-state index in [2.05, 4.69) is 5.32 Å². The third-order valence-electron chi connectivity index (χ3n) is 3.30. The Kier molecular flexibility index (Phi) is 3.51. The second-order valence-corrected chi connectivity index (χ2v) is 6.40. The van der Waals surface area contributed by atoms with Gasteiger partial charge in [-0.05, 0) is 31.5 Å². The molecular formula is C12H18N2O2S. The Morgan fingerprint density at radius 3 is 2.65 bits per heavy atom. The highest BCUT2D eigenvalue weighted by Crippen LogP contribution is 2.21. The number of likely N-dealkylation sites (N-methyl/N-ethyl adjacent to an activating group) is 1. The predicted octanol–water partition coefficient (Wildman–Crippen LogP) is 0.977. The Morgan fingerprint density at radius 1 is 1.35 bits per heavy atom. The molecule has 0 radical (unpaired) electrons. The topological polar surface area (TPSA) is 49.4 Å². The van der Waals surface area contributed by atoms with Crippen molar-refractivity contribution < 1.29 is 8.42 Å². The minimum absolute atomic E-state index is 0.0691. The molecule has 1 unspecified atom stereocenters. The van der Waals surface area contributed by atoms with Gasteiger partial charge in [0, 0.05) is 19.6 Å². The van der Waals surface area contributed by atoms with E-state index in [0.717, 1.165) is 25.1 Å². The molecule has 0 aromatic heterocycles. The van der Waals surface area contributed by atoms with Gasteiger partial charge >= 0.3 is 0 Å². The lowest BCUT2D eigenvalue weighted by atomic mass is 10.2. The van der Waals surface area contributed by atoms with Crippen molar-refractivity contribution in [3.8, 4) is 0 Å². The molecule has 1 aliphatic rings. The van der Waals surface area contributed by atoms with Crippen LogP contribution in [0.4, 0.5) is 0 Å². The first-order valence-corrected chi connectivity index (χ1v) is 7.22. The molecule has 1 saturated heterocycles. The summed E-state index contributed by atoms with van der Waals surface area (Å²) < 4.78 is 26.4. The third-order valence-corrected chi connectivity index (χ3v) is 5.37. The highest BCUT2D eigenvalue weighted by Gasteiger charge is 2.30. The van der Waals surface area contributed by atoms with Gasteiger partial charge in [0.25, 0.3) is 0 Å². The summed E-state index contributed by atoms with van der Waals surface area (Å²) in [5.41, 5.74) is 0.797. The number of hydrogen-bond donors (Lipinski definition) is 1. The van der Waals surface area contributed by atoms with Crippen LogP contribution in [-0.2, 0) is 10.0 Å². The SMILES string of the molecule is Cc1ccccc1S(=O)(=O)N(C)C1CCNC1. The van der Waals surface area contributed by atoms with Gasteiger partial charge in [-0.1, -0.05) is 18.2 Å². The van der Waals surface area contributed by atoms with Crippen molar-refractivity contribution in [2.24, 2.45) is 0 Å². The van der Waals surface area contributed by atoms with E-state index in [9.17, 15) is 8.42 Å². The zero-order valence-corrected chi connectivity index (χ0v) is 11.0. The number of nitrogens with zero attached hydrogens (tertiary/aromatic N) is 1. The molecule has 2 rings (SSSR count). The first-order chi connectivity index (χ1) is 8.03. The van der Waals surface area contributed by atoms with Crippen molar-refractivity contribution in [1.29, 1.82) is 0 Å². The maximum absolute atomic E-state index is 12.4. The van der Waals surface area contributed by atoms with Crippen LogP contribution >= 0.6 is 0 Å². The molecule has 94 valence electrons. The molecule has 0 spiro atoms. The molecule has 0 bridgehead atoms. The quantitative estimate of drug-likeness (QED) is 0.874. The first-order valence-electron chi connectivity index (χ1n) is 5.78. The molecule has 1 aromatic rings. The van der Waals surface area contributed by atoms with E-state index in [1.54, 1.807) is 19.2 Å². The highest BCUT2D eigenvalue weighted by molar-refractivity contribution is 7.89. The Balaban J connectivity index is 2.33. The van der Waals surface area contributed by atoms with Gasteiger partial charge in [-0.3, -0.25) is 0 Å². The van der Waals surface area contributed by atoms with Crippen LogP contribution in [0.2, 0.25) is 0 Å². The Hall–Kier alpha value is -0.910. The third kappa shape index (κ3) is 2.36. The van der Waals surface area contributed by atoms with E-state index in [0.29, 0.717) is 4.90 Å². The lowest BCUT2D eigenvalue weighted by Gasteiger charge is -2.23. The summed E-state index contributed by atoms with van der Waals surface area (Å²) in [5.74, 6) is 0. The van der Waals surface area contributed by atoms with Crippen LogP contribution in [0.3, 0.4) is 0 Å². The lowest BCUT2D eigenvalue weighted by molar-refractivity contribution is 0.387. The maximum atomic E-state index is 12.4. The van der Waals surface area contributed by atoms with Crippen molar-refractivity contribution in [3.63, 3.8) is 0 Å². The first kappa shape index (κ1) is 12.5. The molecule has 0 amide bonds. The van der Waals surface area contributed by atoms with Crippen molar-refractivity contribution in [2.75, 3.05) is 20.1 Å². The van der Waals surface area contributed by atoms with Crippen LogP contribution in [0.25, 0.3) is 0 Å². The molecule has 5 heteroatoms. The number of nitrogens with one attached hydrogen (secondary N) is 1. The van der Waals surface area contributed by atoms with Gasteiger partial charge in [-0.25, -0.2) is 8.42 Å². The number of sulfonamides is 1. The monoisotopic (exact) mass is 254 g/mol. The largest absolute Gasteiger partial charge is 0.315 e. The molecule has 0 aliphatic carbocycles. The highest BCUT2D eigenvalue weighted by atomic mass is 32.2. The number of benzene rings is 1. The van der Waals surface area contributed by atoms with E-state index >= 15 is 0 Å². The summed E-state index contributed by atoms with van der Waals surface area (Å²) in [6, 6.07) is 7.18. The van der Waals surface area contributed by atoms with Gasteiger partial charge in [0.1, 0.15) is 0 Å². The fourth-order valence-corrected chi connectivity index (χ4v) is 3.76. The van der Waals surface area contributed by atoms with E-state index < -0.39 is 10.0 Å². The predicted molar refractivity (Wildman–Crippen MR) is 67.4 cm³/mol. The van der Waals surface area contributed by atoms with Crippen molar-refractivity contribution >= 4 is 10.0 Å². The van der Waals surface area contributed by atoms with Gasteiger partial charge in [0.05, 0.1) is 4.90 Å². The molecule has 1 fully saturated rings. The van der Waals surface area contributed by atoms with Gasteiger partial charge in [0.15, 0.2) is 0 Å². The minimum atomic E-state index is -3.36. The Bertz CT molecular complexity index is 493. The van der Waals surface area contributed by atoms with Gasteiger partial charge in [-0.2, -0.15) is 4.31 Å². The average molecular weight is 254 g/mol. The summed E-state index contributed by atoms with van der Waals surface area (Å²) in [6.07, 6.45) is 0.877. The molecule has 4 nitrogen and oxygen atoms in total. The van der Waals surface area contributed by atoms with E-state index in [1.165, 1.54) is 4.31 Å². The van der Waals surface area contributed by atoms with E-state index in [4.69, 9.17) is 0 Å². The van der Waals surface area contributed by atoms with Gasteiger partial charge in [0.2, 0.25) is 10.0 Å². The van der Waals surface area contributed by atoms with Crippen LogP contribution in [0.1, 0.15) is 12.0 Å². The number of aryl methyl sites for hydroxylation is 1. The standard InChI is InChI=1S/C12H18N2O2S/c1-10-5-3-4-6-12(10)17(15,16)14(2)11-7-8-13-9-11/h3-6,11,13H,7-9H2,1-2H3. The minimum Gasteiger partial charge on any atom is -0.315 e. The van der Waals surface area contributed by atoms with Gasteiger partial charge < -0.3 is 5.32 Å².